The van der Waals surface area contributed by atoms with Crippen molar-refractivity contribution < 1.29 is 32.2 Å². The van der Waals surface area contributed by atoms with Crippen LogP contribution in [0.2, 0.25) is 0 Å². The fourth-order valence-corrected chi connectivity index (χ4v) is 3.47. The van der Waals surface area contributed by atoms with Gasteiger partial charge in [-0.25, -0.2) is 0 Å². The molecule has 9 heteroatoms. The van der Waals surface area contributed by atoms with E-state index in [2.05, 4.69) is 10.6 Å². The van der Waals surface area contributed by atoms with Gasteiger partial charge in [-0.2, -0.15) is 13.2 Å². The lowest BCUT2D eigenvalue weighted by atomic mass is 9.99. The number of para-hydroxylation sites is 1. The van der Waals surface area contributed by atoms with Gasteiger partial charge in [0, 0.05) is 11.6 Å². The summed E-state index contributed by atoms with van der Waals surface area (Å²) in [6, 6.07) is 8.22. The molecular formula is C22H19F3N2O4. The molecule has 4 rings (SSSR count). The van der Waals surface area contributed by atoms with Crippen molar-refractivity contribution in [2.24, 2.45) is 0 Å². The Balaban J connectivity index is 1.61. The number of allylic oxidation sites excluding steroid dienone is 1. The molecular weight excluding hydrogens is 413 g/mol. The molecule has 2 aliphatic heterocycles. The number of fused-ring (bicyclic) bond motifs is 2. The first-order chi connectivity index (χ1) is 14.7. The van der Waals surface area contributed by atoms with Gasteiger partial charge in [-0.15, -0.1) is 0 Å². The summed E-state index contributed by atoms with van der Waals surface area (Å²) in [5, 5.41) is 5.42. The van der Waals surface area contributed by atoms with E-state index in [1.807, 2.05) is 0 Å². The van der Waals surface area contributed by atoms with Crippen LogP contribution in [-0.4, -0.2) is 24.5 Å². The summed E-state index contributed by atoms with van der Waals surface area (Å²) in [6.07, 6.45) is -2.77. The Morgan fingerprint density at radius 1 is 1.23 bits per heavy atom. The number of nitrogens with one attached hydrogen (secondary N) is 2. The van der Waals surface area contributed by atoms with Crippen molar-refractivity contribution in [3.05, 3.63) is 53.6 Å². The van der Waals surface area contributed by atoms with Gasteiger partial charge in [-0.1, -0.05) is 12.1 Å². The van der Waals surface area contributed by atoms with Crippen LogP contribution in [0.25, 0.3) is 5.57 Å². The van der Waals surface area contributed by atoms with Gasteiger partial charge in [-0.05, 0) is 49.6 Å². The first kappa shape index (κ1) is 20.8. The van der Waals surface area contributed by atoms with E-state index in [1.165, 1.54) is 12.1 Å². The Labute approximate surface area is 176 Å². The standard InChI is InChI=1S/C22H19F3N2O4/c1-12-21(29)27-20-16(5-2-6-17(20)31-12)26-19(28)10-13-4-3-9-30-18-11-14(22(23,24)25)7-8-15(13)18/h2,5-8,10-12H,3-4,9H2,1H3,(H,26,28)(H,27,29). The van der Waals surface area contributed by atoms with E-state index >= 15 is 0 Å². The highest BCUT2D eigenvalue weighted by molar-refractivity contribution is 6.09. The van der Waals surface area contributed by atoms with Crippen molar-refractivity contribution >= 4 is 28.8 Å². The predicted molar refractivity (Wildman–Crippen MR) is 108 cm³/mol. The number of anilines is 2. The summed E-state index contributed by atoms with van der Waals surface area (Å²) in [4.78, 5) is 24.6. The number of carbonyl (C=O) groups is 2. The number of ether oxygens (including phenoxy) is 2. The Bertz CT molecular complexity index is 1080. The summed E-state index contributed by atoms with van der Waals surface area (Å²) >= 11 is 0. The van der Waals surface area contributed by atoms with E-state index in [-0.39, 0.29) is 18.3 Å². The lowest BCUT2D eigenvalue weighted by molar-refractivity contribution is -0.137. The maximum Gasteiger partial charge on any atom is 0.416 e. The van der Waals surface area contributed by atoms with Crippen molar-refractivity contribution in [3.63, 3.8) is 0 Å². The number of amides is 2. The SMILES string of the molecule is CC1Oc2cccc(NC(=O)C=C3CCCOc4cc(C(F)(F)F)ccc43)c2NC1=O. The smallest absolute Gasteiger partial charge is 0.416 e. The normalized spacial score (nSPS) is 19.3. The molecule has 0 saturated carbocycles. The molecule has 0 saturated heterocycles. The molecule has 2 N–H and O–H groups in total. The highest BCUT2D eigenvalue weighted by atomic mass is 19.4. The first-order valence-corrected chi connectivity index (χ1v) is 9.69. The zero-order valence-corrected chi connectivity index (χ0v) is 16.5. The quantitative estimate of drug-likeness (QED) is 0.679. The van der Waals surface area contributed by atoms with Crippen LogP contribution >= 0.6 is 0 Å². The third-order valence-electron chi connectivity index (χ3n) is 5.01. The second-order valence-electron chi connectivity index (χ2n) is 7.25. The van der Waals surface area contributed by atoms with Crippen LogP contribution in [0, 0.1) is 0 Å². The Morgan fingerprint density at radius 3 is 2.81 bits per heavy atom. The number of halogens is 3. The molecule has 0 aliphatic carbocycles. The lowest BCUT2D eigenvalue weighted by Gasteiger charge is -2.25. The highest BCUT2D eigenvalue weighted by Crippen LogP contribution is 2.39. The first-order valence-electron chi connectivity index (χ1n) is 9.69. The molecule has 2 amide bonds. The maximum atomic E-state index is 13.0. The third kappa shape index (κ3) is 4.35. The molecule has 2 heterocycles. The van der Waals surface area contributed by atoms with E-state index in [1.54, 1.807) is 25.1 Å². The van der Waals surface area contributed by atoms with Gasteiger partial charge in [0.1, 0.15) is 17.2 Å². The number of alkyl halides is 3. The monoisotopic (exact) mass is 432 g/mol. The summed E-state index contributed by atoms with van der Waals surface area (Å²) in [5.74, 6) is -0.282. The average Bonchev–Trinajstić information content (AvgIpc) is 2.90. The van der Waals surface area contributed by atoms with Crippen LogP contribution in [0.5, 0.6) is 11.5 Å². The molecule has 6 nitrogen and oxygen atoms in total. The predicted octanol–water partition coefficient (Wildman–Crippen LogP) is 4.62. The van der Waals surface area contributed by atoms with E-state index < -0.39 is 23.8 Å². The van der Waals surface area contributed by atoms with Crippen LogP contribution in [0.15, 0.2) is 42.5 Å². The zero-order chi connectivity index (χ0) is 22.2. The fraction of sp³-hybridized carbons (Fsp3) is 0.273. The van der Waals surface area contributed by atoms with Gasteiger partial charge in [-0.3, -0.25) is 9.59 Å². The highest BCUT2D eigenvalue weighted by Gasteiger charge is 2.32. The molecule has 0 radical (unpaired) electrons. The van der Waals surface area contributed by atoms with Crippen LogP contribution < -0.4 is 20.1 Å². The molecule has 1 unspecified atom stereocenters. The third-order valence-corrected chi connectivity index (χ3v) is 5.01. The minimum atomic E-state index is -4.48. The summed E-state index contributed by atoms with van der Waals surface area (Å²) in [6.45, 7) is 1.87. The van der Waals surface area contributed by atoms with Crippen LogP contribution in [-0.2, 0) is 15.8 Å². The fourth-order valence-electron chi connectivity index (χ4n) is 3.47. The second-order valence-corrected chi connectivity index (χ2v) is 7.25. The van der Waals surface area contributed by atoms with Crippen molar-refractivity contribution in [1.82, 2.24) is 0 Å². The van der Waals surface area contributed by atoms with Crippen molar-refractivity contribution in [2.75, 3.05) is 17.2 Å². The molecule has 0 fully saturated rings. The molecule has 2 aromatic rings. The van der Waals surface area contributed by atoms with Crippen LogP contribution in [0.4, 0.5) is 24.5 Å². The lowest BCUT2D eigenvalue weighted by Crippen LogP contribution is -2.34. The average molecular weight is 432 g/mol. The van der Waals surface area contributed by atoms with Gasteiger partial charge < -0.3 is 20.1 Å². The molecule has 31 heavy (non-hydrogen) atoms. The van der Waals surface area contributed by atoms with Crippen molar-refractivity contribution in [2.45, 2.75) is 32.0 Å². The van der Waals surface area contributed by atoms with Crippen LogP contribution in [0.1, 0.15) is 30.9 Å². The minimum Gasteiger partial charge on any atom is -0.493 e. The van der Waals surface area contributed by atoms with E-state index in [0.29, 0.717) is 41.1 Å². The van der Waals surface area contributed by atoms with Crippen molar-refractivity contribution in [3.8, 4) is 11.5 Å². The number of carbonyl (C=O) groups excluding carboxylic acids is 2. The van der Waals surface area contributed by atoms with E-state index in [4.69, 9.17) is 9.47 Å². The summed E-state index contributed by atoms with van der Waals surface area (Å²) in [5.41, 5.74) is 0.922. The number of benzene rings is 2. The number of hydrogen-bond donors (Lipinski definition) is 2. The maximum absolute atomic E-state index is 13.0. The Morgan fingerprint density at radius 2 is 2.03 bits per heavy atom. The summed E-state index contributed by atoms with van der Waals surface area (Å²) in [7, 11) is 0. The molecule has 0 spiro atoms. The Kier molecular flexibility index (Phi) is 5.34. The van der Waals surface area contributed by atoms with Gasteiger partial charge in [0.2, 0.25) is 5.91 Å². The van der Waals surface area contributed by atoms with Gasteiger partial charge in [0.05, 0.1) is 17.9 Å². The van der Waals surface area contributed by atoms with Gasteiger partial charge in [0.15, 0.2) is 6.10 Å². The molecule has 1 atom stereocenters. The number of hydrogen-bond acceptors (Lipinski definition) is 4. The van der Waals surface area contributed by atoms with Gasteiger partial charge >= 0.3 is 6.18 Å². The van der Waals surface area contributed by atoms with Crippen LogP contribution in [0.3, 0.4) is 0 Å². The largest absolute Gasteiger partial charge is 0.493 e. The second kappa shape index (κ2) is 7.98. The molecule has 2 aromatic carbocycles. The topological polar surface area (TPSA) is 76.7 Å². The number of rotatable bonds is 2. The molecule has 0 aromatic heterocycles. The molecule has 162 valence electrons. The van der Waals surface area contributed by atoms with Crippen molar-refractivity contribution in [1.29, 1.82) is 0 Å². The Hall–Kier alpha value is -3.49. The summed E-state index contributed by atoms with van der Waals surface area (Å²) < 4.78 is 50.1. The molecule has 0 bridgehead atoms. The van der Waals surface area contributed by atoms with E-state index in [0.717, 1.165) is 12.1 Å². The molecule has 2 aliphatic rings. The van der Waals surface area contributed by atoms with E-state index in [9.17, 15) is 22.8 Å². The van der Waals surface area contributed by atoms with Gasteiger partial charge in [0.25, 0.3) is 5.91 Å². The minimum absolute atomic E-state index is 0.0955. The zero-order valence-electron chi connectivity index (χ0n) is 16.5.